The Bertz CT molecular complexity index is 945. The number of likely N-dealkylation sites (N-methyl/N-ethyl adjacent to an activating group) is 1. The molecule has 1 N–H and O–H groups in total. The van der Waals surface area contributed by atoms with E-state index in [1.54, 1.807) is 28.0 Å². The summed E-state index contributed by atoms with van der Waals surface area (Å²) < 4.78 is 14.0. The van der Waals surface area contributed by atoms with Crippen LogP contribution in [0, 0.1) is 11.7 Å². The number of nitrogens with zero attached hydrogens (tertiary/aromatic N) is 2. The number of carboxylic acids is 1. The summed E-state index contributed by atoms with van der Waals surface area (Å²) in [7, 11) is 0. The van der Waals surface area contributed by atoms with Crippen LogP contribution in [-0.2, 0) is 20.8 Å². The molecule has 6 nitrogen and oxygen atoms in total. The Balaban J connectivity index is 1.75. The third-order valence-electron chi connectivity index (χ3n) is 5.65. The van der Waals surface area contributed by atoms with Crippen molar-refractivity contribution < 1.29 is 23.9 Å². The first-order chi connectivity index (χ1) is 14.9. The van der Waals surface area contributed by atoms with Crippen LogP contribution in [0.5, 0.6) is 0 Å². The van der Waals surface area contributed by atoms with Crippen molar-refractivity contribution in [3.8, 4) is 11.1 Å². The molecular weight excluding hydrogens is 399 g/mol. The maximum absolute atomic E-state index is 14.0. The van der Waals surface area contributed by atoms with Gasteiger partial charge in [0.2, 0.25) is 11.8 Å². The highest BCUT2D eigenvalue weighted by Crippen LogP contribution is 2.24. The van der Waals surface area contributed by atoms with E-state index >= 15 is 0 Å². The van der Waals surface area contributed by atoms with Gasteiger partial charge in [-0.1, -0.05) is 42.5 Å². The van der Waals surface area contributed by atoms with Crippen LogP contribution in [0.4, 0.5) is 4.39 Å². The van der Waals surface area contributed by atoms with E-state index < -0.39 is 11.9 Å². The Kier molecular flexibility index (Phi) is 7.39. The van der Waals surface area contributed by atoms with Gasteiger partial charge in [-0.05, 0) is 30.5 Å². The second-order valence-electron chi connectivity index (χ2n) is 7.73. The Morgan fingerprint density at radius 2 is 1.77 bits per heavy atom. The third-order valence-corrected chi connectivity index (χ3v) is 5.65. The van der Waals surface area contributed by atoms with E-state index in [2.05, 4.69) is 0 Å². The molecule has 2 amide bonds. The first-order valence-corrected chi connectivity index (χ1v) is 10.5. The Morgan fingerprint density at radius 3 is 2.42 bits per heavy atom. The third kappa shape index (κ3) is 5.69. The van der Waals surface area contributed by atoms with Crippen LogP contribution in [0.15, 0.2) is 48.5 Å². The minimum Gasteiger partial charge on any atom is -0.481 e. The summed E-state index contributed by atoms with van der Waals surface area (Å²) in [4.78, 5) is 39.6. The quantitative estimate of drug-likeness (QED) is 0.738. The zero-order valence-electron chi connectivity index (χ0n) is 17.6. The van der Waals surface area contributed by atoms with Gasteiger partial charge in [0.1, 0.15) is 5.82 Å². The van der Waals surface area contributed by atoms with Crippen molar-refractivity contribution in [3.05, 3.63) is 59.9 Å². The summed E-state index contributed by atoms with van der Waals surface area (Å²) in [5.41, 5.74) is 2.20. The fourth-order valence-electron chi connectivity index (χ4n) is 3.91. The second kappa shape index (κ2) is 10.2. The normalized spacial score (nSPS) is 16.8. The number of aliphatic carboxylic acids is 1. The lowest BCUT2D eigenvalue weighted by Crippen LogP contribution is -2.38. The van der Waals surface area contributed by atoms with Gasteiger partial charge in [-0.2, -0.15) is 0 Å². The topological polar surface area (TPSA) is 77.9 Å². The van der Waals surface area contributed by atoms with E-state index in [0.717, 1.165) is 11.1 Å². The van der Waals surface area contributed by atoms with Crippen molar-refractivity contribution in [1.29, 1.82) is 0 Å². The molecule has 164 valence electrons. The number of hydrogen-bond acceptors (Lipinski definition) is 3. The molecule has 3 rings (SSSR count). The van der Waals surface area contributed by atoms with Gasteiger partial charge in [-0.15, -0.1) is 0 Å². The van der Waals surface area contributed by atoms with Crippen molar-refractivity contribution in [2.75, 3.05) is 26.2 Å². The van der Waals surface area contributed by atoms with Gasteiger partial charge in [-0.25, -0.2) is 4.39 Å². The van der Waals surface area contributed by atoms with E-state index in [0.29, 0.717) is 31.6 Å². The molecule has 0 bridgehead atoms. The second-order valence-corrected chi connectivity index (χ2v) is 7.73. The van der Waals surface area contributed by atoms with Crippen LogP contribution in [0.2, 0.25) is 0 Å². The summed E-state index contributed by atoms with van der Waals surface area (Å²) in [5.74, 6) is -1.96. The maximum Gasteiger partial charge on any atom is 0.303 e. The molecule has 1 fully saturated rings. The van der Waals surface area contributed by atoms with E-state index in [-0.39, 0.29) is 37.0 Å². The number of carbonyl (C=O) groups is 3. The summed E-state index contributed by atoms with van der Waals surface area (Å²) in [6.07, 6.45) is 0.165. The molecule has 1 aliphatic heterocycles. The largest absolute Gasteiger partial charge is 0.481 e. The standard InChI is InChI=1S/C24H27FN2O4/c1-2-26-13-14-27(22(28)11-12-23(29)30)16-19(24(26)31)15-17-7-9-18(10-8-17)20-5-3-4-6-21(20)25/h3-10,19H,2,11-16H2,1H3,(H,29,30). The lowest BCUT2D eigenvalue weighted by atomic mass is 9.95. The van der Waals surface area contributed by atoms with Crippen molar-refractivity contribution in [2.24, 2.45) is 5.92 Å². The van der Waals surface area contributed by atoms with Crippen molar-refractivity contribution in [2.45, 2.75) is 26.2 Å². The van der Waals surface area contributed by atoms with Crippen LogP contribution in [0.25, 0.3) is 11.1 Å². The molecule has 1 atom stereocenters. The zero-order chi connectivity index (χ0) is 22.4. The lowest BCUT2D eigenvalue weighted by Gasteiger charge is -2.23. The van der Waals surface area contributed by atoms with E-state index in [4.69, 9.17) is 5.11 Å². The van der Waals surface area contributed by atoms with Crippen molar-refractivity contribution in [1.82, 2.24) is 9.80 Å². The minimum absolute atomic E-state index is 0.00536. The molecule has 1 unspecified atom stereocenters. The van der Waals surface area contributed by atoms with Crippen LogP contribution in [0.3, 0.4) is 0 Å². The summed E-state index contributed by atoms with van der Waals surface area (Å²) in [6.45, 7) is 3.57. The molecule has 0 radical (unpaired) electrons. The molecule has 2 aromatic carbocycles. The van der Waals surface area contributed by atoms with E-state index in [9.17, 15) is 18.8 Å². The summed E-state index contributed by atoms with van der Waals surface area (Å²) in [6, 6.07) is 14.0. The Morgan fingerprint density at radius 1 is 1.06 bits per heavy atom. The van der Waals surface area contributed by atoms with E-state index in [1.807, 2.05) is 31.2 Å². The van der Waals surface area contributed by atoms with Gasteiger partial charge in [0.15, 0.2) is 0 Å². The van der Waals surface area contributed by atoms with Crippen molar-refractivity contribution in [3.63, 3.8) is 0 Å². The van der Waals surface area contributed by atoms with Gasteiger partial charge >= 0.3 is 5.97 Å². The van der Waals surface area contributed by atoms with E-state index in [1.165, 1.54) is 6.07 Å². The van der Waals surface area contributed by atoms with Crippen molar-refractivity contribution >= 4 is 17.8 Å². The van der Waals surface area contributed by atoms with Crippen LogP contribution in [-0.4, -0.2) is 58.9 Å². The number of benzene rings is 2. The molecule has 1 saturated heterocycles. The first-order valence-electron chi connectivity index (χ1n) is 10.5. The van der Waals surface area contributed by atoms with Gasteiger partial charge in [0.25, 0.3) is 0 Å². The number of rotatable bonds is 7. The predicted molar refractivity (Wildman–Crippen MR) is 115 cm³/mol. The molecular formula is C24H27FN2O4. The lowest BCUT2D eigenvalue weighted by molar-refractivity contribution is -0.141. The predicted octanol–water partition coefficient (Wildman–Crippen LogP) is 3.21. The SMILES string of the molecule is CCN1CCN(C(=O)CCC(=O)O)CC(Cc2ccc(-c3ccccc3F)cc2)C1=O. The molecule has 2 aromatic rings. The average molecular weight is 426 g/mol. The van der Waals surface area contributed by atoms with Crippen LogP contribution < -0.4 is 0 Å². The Labute approximate surface area is 181 Å². The smallest absolute Gasteiger partial charge is 0.303 e. The van der Waals surface area contributed by atoms with Gasteiger partial charge in [0.05, 0.1) is 12.3 Å². The zero-order valence-corrected chi connectivity index (χ0v) is 17.6. The number of halogens is 1. The number of amides is 2. The van der Waals surface area contributed by atoms with Gasteiger partial charge < -0.3 is 14.9 Å². The molecule has 31 heavy (non-hydrogen) atoms. The first kappa shape index (κ1) is 22.5. The molecule has 0 aromatic heterocycles. The number of hydrogen-bond donors (Lipinski definition) is 1. The summed E-state index contributed by atoms with van der Waals surface area (Å²) in [5, 5.41) is 8.85. The highest BCUT2D eigenvalue weighted by atomic mass is 19.1. The summed E-state index contributed by atoms with van der Waals surface area (Å²) >= 11 is 0. The highest BCUT2D eigenvalue weighted by molar-refractivity contribution is 5.84. The molecule has 1 heterocycles. The van der Waals surface area contributed by atoms with Crippen LogP contribution >= 0.6 is 0 Å². The highest BCUT2D eigenvalue weighted by Gasteiger charge is 2.31. The molecule has 1 aliphatic rings. The maximum atomic E-state index is 14.0. The molecule has 7 heteroatoms. The van der Waals surface area contributed by atoms with Crippen LogP contribution in [0.1, 0.15) is 25.3 Å². The number of carbonyl (C=O) groups excluding carboxylic acids is 2. The molecule has 0 saturated carbocycles. The fraction of sp³-hybridized carbons (Fsp3) is 0.375. The number of carboxylic acid groups (broad SMARTS) is 1. The molecule has 0 spiro atoms. The Hall–Kier alpha value is -3.22. The van der Waals surface area contributed by atoms with Gasteiger partial charge in [0, 0.05) is 38.2 Å². The van der Waals surface area contributed by atoms with Gasteiger partial charge in [-0.3, -0.25) is 14.4 Å². The average Bonchev–Trinajstić information content (AvgIpc) is 2.92. The monoisotopic (exact) mass is 426 g/mol. The minimum atomic E-state index is -1.01. The fourth-order valence-corrected chi connectivity index (χ4v) is 3.91. The molecule has 0 aliphatic carbocycles.